The van der Waals surface area contributed by atoms with Gasteiger partial charge in [-0.15, -0.1) is 11.3 Å². The molecule has 4 heteroatoms. The molecule has 130 valence electrons. The van der Waals surface area contributed by atoms with Crippen molar-refractivity contribution in [3.8, 4) is 10.4 Å². The van der Waals surface area contributed by atoms with E-state index in [1.54, 1.807) is 11.3 Å². The molecule has 0 fully saturated rings. The van der Waals surface area contributed by atoms with E-state index in [2.05, 4.69) is 41.8 Å². The molecule has 0 aliphatic rings. The average Bonchev–Trinajstić information content (AvgIpc) is 3.21. The zero-order valence-electron chi connectivity index (χ0n) is 14.8. The number of hydrogen-bond donors (Lipinski definition) is 1. The highest BCUT2D eigenvalue weighted by Gasteiger charge is 2.24. The van der Waals surface area contributed by atoms with Crippen molar-refractivity contribution in [2.75, 3.05) is 0 Å². The summed E-state index contributed by atoms with van der Waals surface area (Å²) in [5.74, 6) is -0.336. The number of carbonyl (C=O) groups is 1. The van der Waals surface area contributed by atoms with Crippen LogP contribution in [0.1, 0.15) is 40.7 Å². The van der Waals surface area contributed by atoms with Gasteiger partial charge in [0.05, 0.1) is 5.56 Å². The monoisotopic (exact) mass is 352 g/mol. The summed E-state index contributed by atoms with van der Waals surface area (Å²) in [5.41, 5.74) is 11.0. The molecule has 3 nitrogen and oxygen atoms in total. The molecule has 3 rings (SSSR count). The Balaban J connectivity index is 2.07. The summed E-state index contributed by atoms with van der Waals surface area (Å²) in [4.78, 5) is 13.3. The molecule has 2 N–H and O–H groups in total. The third kappa shape index (κ3) is 3.54. The summed E-state index contributed by atoms with van der Waals surface area (Å²) >= 11 is 1.66. The summed E-state index contributed by atoms with van der Waals surface area (Å²) < 4.78 is 2.30. The van der Waals surface area contributed by atoms with Gasteiger partial charge in [0.15, 0.2) is 0 Å². The van der Waals surface area contributed by atoms with Crippen LogP contribution >= 0.6 is 11.3 Å². The van der Waals surface area contributed by atoms with Crippen LogP contribution in [0.3, 0.4) is 0 Å². The number of primary amides is 1. The summed E-state index contributed by atoms with van der Waals surface area (Å²) in [7, 11) is 0. The Morgan fingerprint density at radius 2 is 1.88 bits per heavy atom. The van der Waals surface area contributed by atoms with Crippen molar-refractivity contribution in [1.29, 1.82) is 0 Å². The Morgan fingerprint density at radius 3 is 2.48 bits per heavy atom. The minimum Gasteiger partial charge on any atom is -0.366 e. The predicted octanol–water partition coefficient (Wildman–Crippen LogP) is 4.82. The SMILES string of the molecule is CCCc1c(-c2cccs2)c(C(N)=O)c(C)n1CCc1ccccc1. The number of benzene rings is 1. The van der Waals surface area contributed by atoms with Crippen LogP contribution in [-0.4, -0.2) is 10.5 Å². The number of aromatic nitrogens is 1. The molecule has 0 aliphatic carbocycles. The zero-order valence-corrected chi connectivity index (χ0v) is 15.6. The number of carbonyl (C=O) groups excluding carboxylic acids is 1. The number of thiophene rings is 1. The first-order valence-electron chi connectivity index (χ1n) is 8.73. The third-order valence-electron chi connectivity index (χ3n) is 4.60. The van der Waals surface area contributed by atoms with Gasteiger partial charge in [-0.3, -0.25) is 4.79 Å². The predicted molar refractivity (Wildman–Crippen MR) is 105 cm³/mol. The lowest BCUT2D eigenvalue weighted by Gasteiger charge is -2.12. The van der Waals surface area contributed by atoms with Crippen molar-refractivity contribution < 1.29 is 4.79 Å². The molecule has 0 bridgehead atoms. The first kappa shape index (κ1) is 17.5. The zero-order chi connectivity index (χ0) is 17.8. The van der Waals surface area contributed by atoms with Crippen LogP contribution < -0.4 is 5.73 Å². The minimum atomic E-state index is -0.336. The summed E-state index contributed by atoms with van der Waals surface area (Å²) in [5, 5.41) is 2.05. The van der Waals surface area contributed by atoms with E-state index in [1.165, 1.54) is 11.3 Å². The second-order valence-corrected chi connectivity index (χ2v) is 7.21. The molecule has 1 amide bonds. The van der Waals surface area contributed by atoms with Crippen molar-refractivity contribution in [2.24, 2.45) is 5.73 Å². The van der Waals surface area contributed by atoms with Gasteiger partial charge in [-0.05, 0) is 36.8 Å². The molecule has 0 saturated heterocycles. The molecule has 0 radical (unpaired) electrons. The van der Waals surface area contributed by atoms with Crippen LogP contribution in [-0.2, 0) is 19.4 Å². The number of hydrogen-bond acceptors (Lipinski definition) is 2. The molecule has 0 spiro atoms. The Morgan fingerprint density at radius 1 is 1.12 bits per heavy atom. The van der Waals surface area contributed by atoms with E-state index in [4.69, 9.17) is 5.73 Å². The van der Waals surface area contributed by atoms with Gasteiger partial charge in [-0.25, -0.2) is 0 Å². The van der Waals surface area contributed by atoms with E-state index in [0.29, 0.717) is 5.56 Å². The molecule has 0 atom stereocenters. The number of aryl methyl sites for hydroxylation is 1. The summed E-state index contributed by atoms with van der Waals surface area (Å²) in [6.45, 7) is 5.05. The lowest BCUT2D eigenvalue weighted by molar-refractivity contribution is 0.1000. The Kier molecular flexibility index (Phi) is 5.39. The fourth-order valence-electron chi connectivity index (χ4n) is 3.47. The Labute approximate surface area is 153 Å². The lowest BCUT2D eigenvalue weighted by Crippen LogP contribution is -2.13. The fourth-order valence-corrected chi connectivity index (χ4v) is 4.27. The van der Waals surface area contributed by atoms with Gasteiger partial charge < -0.3 is 10.3 Å². The number of amides is 1. The fraction of sp³-hybridized carbons (Fsp3) is 0.286. The molecule has 3 aromatic rings. The minimum absolute atomic E-state index is 0.336. The van der Waals surface area contributed by atoms with Crippen molar-refractivity contribution in [3.63, 3.8) is 0 Å². The van der Waals surface area contributed by atoms with Gasteiger partial charge in [-0.1, -0.05) is 49.7 Å². The molecule has 2 aromatic heterocycles. The van der Waals surface area contributed by atoms with Crippen LogP contribution in [0.4, 0.5) is 0 Å². The van der Waals surface area contributed by atoms with Gasteiger partial charge in [0, 0.05) is 28.4 Å². The number of nitrogens with zero attached hydrogens (tertiary/aromatic N) is 1. The van der Waals surface area contributed by atoms with Crippen LogP contribution in [0.5, 0.6) is 0 Å². The van der Waals surface area contributed by atoms with E-state index in [-0.39, 0.29) is 5.91 Å². The molecule has 0 aliphatic heterocycles. The molecule has 1 aromatic carbocycles. The van der Waals surface area contributed by atoms with Gasteiger partial charge in [-0.2, -0.15) is 0 Å². The average molecular weight is 353 g/mol. The molecule has 2 heterocycles. The van der Waals surface area contributed by atoms with Gasteiger partial charge in [0.25, 0.3) is 5.91 Å². The van der Waals surface area contributed by atoms with Crippen LogP contribution in [0.25, 0.3) is 10.4 Å². The Hall–Kier alpha value is -2.33. The van der Waals surface area contributed by atoms with Crippen LogP contribution in [0, 0.1) is 6.92 Å². The molecule has 0 saturated carbocycles. The maximum Gasteiger partial charge on any atom is 0.251 e. The lowest BCUT2D eigenvalue weighted by atomic mass is 10.0. The molecule has 25 heavy (non-hydrogen) atoms. The van der Waals surface area contributed by atoms with Gasteiger partial charge in [0.2, 0.25) is 0 Å². The van der Waals surface area contributed by atoms with Crippen molar-refractivity contribution in [1.82, 2.24) is 4.57 Å². The second-order valence-electron chi connectivity index (χ2n) is 6.26. The molecular weight excluding hydrogens is 328 g/mol. The van der Waals surface area contributed by atoms with E-state index in [9.17, 15) is 4.79 Å². The van der Waals surface area contributed by atoms with Crippen molar-refractivity contribution >= 4 is 17.2 Å². The molecule has 0 unspecified atom stereocenters. The number of rotatable bonds is 7. The smallest absolute Gasteiger partial charge is 0.251 e. The highest BCUT2D eigenvalue weighted by Crippen LogP contribution is 2.36. The van der Waals surface area contributed by atoms with E-state index < -0.39 is 0 Å². The van der Waals surface area contributed by atoms with E-state index in [0.717, 1.165) is 41.9 Å². The van der Waals surface area contributed by atoms with Gasteiger partial charge >= 0.3 is 0 Å². The molecular formula is C21H24N2OS. The van der Waals surface area contributed by atoms with E-state index in [1.807, 2.05) is 24.4 Å². The van der Waals surface area contributed by atoms with E-state index >= 15 is 0 Å². The highest BCUT2D eigenvalue weighted by molar-refractivity contribution is 7.13. The first-order valence-corrected chi connectivity index (χ1v) is 9.61. The van der Waals surface area contributed by atoms with Gasteiger partial charge in [0.1, 0.15) is 0 Å². The number of nitrogens with two attached hydrogens (primary N) is 1. The maximum absolute atomic E-state index is 12.2. The van der Waals surface area contributed by atoms with Crippen LogP contribution in [0.15, 0.2) is 47.8 Å². The Bertz CT molecular complexity index is 848. The largest absolute Gasteiger partial charge is 0.366 e. The van der Waals surface area contributed by atoms with Crippen LogP contribution in [0.2, 0.25) is 0 Å². The second kappa shape index (κ2) is 7.70. The first-order chi connectivity index (χ1) is 12.1. The standard InChI is InChI=1S/C21H24N2OS/c1-3-8-17-20(18-11-7-14-25-18)19(21(22)24)15(2)23(17)13-12-16-9-5-4-6-10-16/h4-7,9-11,14H,3,8,12-13H2,1-2H3,(H2,22,24). The summed E-state index contributed by atoms with van der Waals surface area (Å²) in [6.07, 6.45) is 2.91. The topological polar surface area (TPSA) is 48.0 Å². The van der Waals surface area contributed by atoms with Crippen molar-refractivity contribution in [3.05, 3.63) is 70.4 Å². The normalized spacial score (nSPS) is 11.0. The quantitative estimate of drug-likeness (QED) is 0.651. The van der Waals surface area contributed by atoms with Crippen molar-refractivity contribution in [2.45, 2.75) is 39.7 Å². The highest BCUT2D eigenvalue weighted by atomic mass is 32.1. The third-order valence-corrected chi connectivity index (χ3v) is 5.49. The summed E-state index contributed by atoms with van der Waals surface area (Å²) in [6, 6.07) is 14.6. The maximum atomic E-state index is 12.2.